The number of guanidine groups is 1. The quantitative estimate of drug-likeness (QED) is 0.0367. The third-order valence-corrected chi connectivity index (χ3v) is 6.32. The van der Waals surface area contributed by atoms with Crippen molar-refractivity contribution >= 4 is 35.3 Å². The van der Waals surface area contributed by atoms with Crippen LogP contribution in [0.4, 0.5) is 5.69 Å². The van der Waals surface area contributed by atoms with Crippen LogP contribution in [0.2, 0.25) is 0 Å². The van der Waals surface area contributed by atoms with E-state index < -0.39 is 55.7 Å². The average Bonchev–Trinajstić information content (AvgIpc) is 2.99. The molecule has 3 atom stereocenters. The van der Waals surface area contributed by atoms with E-state index in [1.54, 1.807) is 12.1 Å². The van der Waals surface area contributed by atoms with Crippen molar-refractivity contribution in [2.45, 2.75) is 56.7 Å². The molecule has 43 heavy (non-hydrogen) atoms. The number of aliphatic imine (C=N–C) groups is 1. The molecule has 0 saturated carbocycles. The summed E-state index contributed by atoms with van der Waals surface area (Å²) in [5.41, 5.74) is 23.4. The van der Waals surface area contributed by atoms with Crippen LogP contribution in [-0.4, -0.2) is 114 Å². The molecule has 0 aliphatic rings. The molecular formula is C27H47N9O7. The molecule has 4 amide bonds. The monoisotopic (exact) mass is 609 g/mol. The molecule has 1 rings (SSSR count). The van der Waals surface area contributed by atoms with Crippen LogP contribution in [0.1, 0.15) is 37.7 Å². The number of hydrogen-bond donors (Lipinski definition) is 10. The number of carbonyl (C=O) groups excluding carboxylic acids is 4. The zero-order valence-electron chi connectivity index (χ0n) is 24.4. The highest BCUT2D eigenvalue weighted by Gasteiger charge is 2.21. The molecular weight excluding hydrogens is 562 g/mol. The minimum absolute atomic E-state index is 0.0349. The third kappa shape index (κ3) is 15.3. The zero-order valence-corrected chi connectivity index (χ0v) is 24.4. The van der Waals surface area contributed by atoms with Crippen molar-refractivity contribution in [1.29, 1.82) is 0 Å². The predicted molar refractivity (Wildman–Crippen MR) is 160 cm³/mol. The van der Waals surface area contributed by atoms with Gasteiger partial charge in [-0.15, -0.1) is 0 Å². The van der Waals surface area contributed by atoms with E-state index >= 15 is 0 Å². The molecule has 0 aromatic heterocycles. The number of nitrogens with zero attached hydrogens (tertiary/aromatic N) is 2. The second-order valence-electron chi connectivity index (χ2n) is 9.91. The Morgan fingerprint density at radius 2 is 1.40 bits per heavy atom. The molecule has 1 aromatic rings. The van der Waals surface area contributed by atoms with E-state index in [2.05, 4.69) is 20.9 Å². The SMILES string of the molecule is NC(N)=Nc1ccc(CCCC(=O)N[C@@H](CO)C(=O)NCCCCN(CCCNC(=O)[C@@H](N)CO)C(=O)[C@@H](N)CO)cc1. The van der Waals surface area contributed by atoms with Gasteiger partial charge >= 0.3 is 0 Å². The maximum Gasteiger partial charge on any atom is 0.244 e. The van der Waals surface area contributed by atoms with E-state index in [0.29, 0.717) is 44.3 Å². The highest BCUT2D eigenvalue weighted by atomic mass is 16.3. The molecule has 16 heteroatoms. The summed E-state index contributed by atoms with van der Waals surface area (Å²) in [4.78, 5) is 54.4. The molecule has 0 fully saturated rings. The largest absolute Gasteiger partial charge is 0.394 e. The summed E-state index contributed by atoms with van der Waals surface area (Å²) in [6.07, 6.45) is 2.70. The number of aliphatic hydroxyl groups is 3. The Morgan fingerprint density at radius 3 is 2.00 bits per heavy atom. The number of carbonyl (C=O) groups is 4. The molecule has 14 N–H and O–H groups in total. The Kier molecular flexibility index (Phi) is 18.1. The summed E-state index contributed by atoms with van der Waals surface area (Å²) in [6.45, 7) is -0.546. The molecule has 1 aromatic carbocycles. The number of nitrogens with one attached hydrogen (secondary N) is 3. The van der Waals surface area contributed by atoms with E-state index in [-0.39, 0.29) is 37.9 Å². The lowest BCUT2D eigenvalue weighted by Gasteiger charge is -2.25. The lowest BCUT2D eigenvalue weighted by molar-refractivity contribution is -0.133. The Labute approximate surface area is 251 Å². The van der Waals surface area contributed by atoms with Crippen LogP contribution < -0.4 is 38.9 Å². The van der Waals surface area contributed by atoms with Crippen LogP contribution in [0.25, 0.3) is 0 Å². The summed E-state index contributed by atoms with van der Waals surface area (Å²) in [5.74, 6) is -1.88. The van der Waals surface area contributed by atoms with E-state index in [1.807, 2.05) is 12.1 Å². The lowest BCUT2D eigenvalue weighted by atomic mass is 10.1. The fraction of sp³-hybridized carbons (Fsp3) is 0.593. The number of aliphatic hydroxyl groups excluding tert-OH is 3. The van der Waals surface area contributed by atoms with Gasteiger partial charge in [-0.05, 0) is 49.8 Å². The van der Waals surface area contributed by atoms with Crippen molar-refractivity contribution in [3.05, 3.63) is 29.8 Å². The molecule has 242 valence electrons. The third-order valence-electron chi connectivity index (χ3n) is 6.32. The van der Waals surface area contributed by atoms with Crippen LogP contribution in [0.5, 0.6) is 0 Å². The minimum atomic E-state index is -1.10. The van der Waals surface area contributed by atoms with E-state index in [9.17, 15) is 29.4 Å². The Balaban J connectivity index is 2.40. The molecule has 0 spiro atoms. The van der Waals surface area contributed by atoms with E-state index in [0.717, 1.165) is 5.56 Å². The zero-order chi connectivity index (χ0) is 32.2. The number of nitrogens with two attached hydrogens (primary N) is 4. The number of rotatable bonds is 21. The molecule has 0 heterocycles. The van der Waals surface area contributed by atoms with Gasteiger partial charge in [0.05, 0.1) is 25.5 Å². The molecule has 0 bridgehead atoms. The maximum absolute atomic E-state index is 12.5. The van der Waals surface area contributed by atoms with Gasteiger partial charge in [0.25, 0.3) is 0 Å². The van der Waals surface area contributed by atoms with Gasteiger partial charge in [0.2, 0.25) is 23.6 Å². The first-order valence-corrected chi connectivity index (χ1v) is 14.2. The first-order valence-electron chi connectivity index (χ1n) is 14.2. The van der Waals surface area contributed by atoms with E-state index in [1.165, 1.54) is 4.90 Å². The molecule has 0 aliphatic carbocycles. The molecule has 0 saturated heterocycles. The van der Waals surface area contributed by atoms with Crippen molar-refractivity contribution in [3.8, 4) is 0 Å². The van der Waals surface area contributed by atoms with Gasteiger partial charge in [0, 0.05) is 32.6 Å². The summed E-state index contributed by atoms with van der Waals surface area (Å²) >= 11 is 0. The summed E-state index contributed by atoms with van der Waals surface area (Å²) in [6, 6.07) is 4.04. The predicted octanol–water partition coefficient (Wildman–Crippen LogP) is -3.74. The Morgan fingerprint density at radius 1 is 0.791 bits per heavy atom. The van der Waals surface area contributed by atoms with Gasteiger partial charge in [-0.2, -0.15) is 0 Å². The average molecular weight is 610 g/mol. The second kappa shape index (κ2) is 21.0. The van der Waals surface area contributed by atoms with Gasteiger partial charge in [0.15, 0.2) is 5.96 Å². The summed E-state index contributed by atoms with van der Waals surface area (Å²) in [5, 5.41) is 35.5. The molecule has 0 unspecified atom stereocenters. The minimum Gasteiger partial charge on any atom is -0.394 e. The van der Waals surface area contributed by atoms with Crippen LogP contribution in [0.15, 0.2) is 29.3 Å². The number of aryl methyl sites for hydroxylation is 1. The fourth-order valence-electron chi connectivity index (χ4n) is 3.90. The van der Waals surface area contributed by atoms with Gasteiger partial charge in [0.1, 0.15) is 18.1 Å². The highest BCUT2D eigenvalue weighted by Crippen LogP contribution is 2.14. The number of amides is 4. The number of benzene rings is 1. The maximum atomic E-state index is 12.5. The van der Waals surface area contributed by atoms with Crippen molar-refractivity contribution in [1.82, 2.24) is 20.9 Å². The Hall–Kier alpha value is -3.83. The van der Waals surface area contributed by atoms with Crippen molar-refractivity contribution < 1.29 is 34.5 Å². The lowest BCUT2D eigenvalue weighted by Crippen LogP contribution is -2.49. The van der Waals surface area contributed by atoms with Crippen LogP contribution in [0, 0.1) is 0 Å². The summed E-state index contributed by atoms with van der Waals surface area (Å²) in [7, 11) is 0. The van der Waals surface area contributed by atoms with Gasteiger partial charge in [-0.1, -0.05) is 12.1 Å². The number of unbranched alkanes of at least 4 members (excludes halogenated alkanes) is 1. The molecule has 16 nitrogen and oxygen atoms in total. The summed E-state index contributed by atoms with van der Waals surface area (Å²) < 4.78 is 0. The van der Waals surface area contributed by atoms with Gasteiger partial charge in [-0.25, -0.2) is 4.99 Å². The van der Waals surface area contributed by atoms with Gasteiger partial charge < -0.3 is 59.1 Å². The smallest absolute Gasteiger partial charge is 0.244 e. The topological polar surface area (TPSA) is 285 Å². The number of hydrogen-bond acceptors (Lipinski definition) is 10. The van der Waals surface area contributed by atoms with Crippen LogP contribution in [-0.2, 0) is 25.6 Å². The standard InChI is InChI=1S/C27H47N9O7/c28-20(15-37)24(41)32-12-4-14-36(26(43)21(29)16-38)13-2-1-11-33-25(42)22(17-39)35-23(40)6-3-5-18-7-9-19(10-8-18)34-27(30)31/h7-10,20-22,37-39H,1-6,11-17,28-29H2,(H,32,41)(H,33,42)(H,35,40)(H4,30,31,34)/t20-,21-,22-/m0/s1. The van der Waals surface area contributed by atoms with Crippen molar-refractivity contribution in [2.24, 2.45) is 27.9 Å². The van der Waals surface area contributed by atoms with Crippen molar-refractivity contribution in [3.63, 3.8) is 0 Å². The first kappa shape index (κ1) is 37.2. The molecule has 0 aliphatic heterocycles. The van der Waals surface area contributed by atoms with Crippen molar-refractivity contribution in [2.75, 3.05) is 46.0 Å². The normalized spacial score (nSPS) is 12.9. The van der Waals surface area contributed by atoms with E-state index in [4.69, 9.17) is 28.0 Å². The Bertz CT molecular complexity index is 1040. The first-order chi connectivity index (χ1) is 20.5. The van der Waals surface area contributed by atoms with Crippen LogP contribution in [0.3, 0.4) is 0 Å². The van der Waals surface area contributed by atoms with Gasteiger partial charge in [-0.3, -0.25) is 19.2 Å². The van der Waals surface area contributed by atoms with Crippen LogP contribution >= 0.6 is 0 Å². The highest BCUT2D eigenvalue weighted by molar-refractivity contribution is 5.87. The fourth-order valence-corrected chi connectivity index (χ4v) is 3.90. The molecule has 0 radical (unpaired) electrons. The second-order valence-corrected chi connectivity index (χ2v) is 9.91.